The number of carbonyl (C=O) groups excluding carboxylic acids is 3. The number of esters is 3. The molecular formula is C67H114O6. The molecular weight excluding hydrogens is 901 g/mol. The van der Waals surface area contributed by atoms with Gasteiger partial charge >= 0.3 is 17.9 Å². The molecule has 0 aromatic rings. The molecule has 0 aliphatic rings. The minimum Gasteiger partial charge on any atom is -0.462 e. The van der Waals surface area contributed by atoms with Crippen molar-refractivity contribution in [2.24, 2.45) is 0 Å². The molecule has 0 N–H and O–H groups in total. The normalized spacial score (nSPS) is 12.8. The molecule has 0 unspecified atom stereocenters. The standard InChI is InChI=1S/C67H114O6/c1-4-7-10-13-16-19-22-25-28-30-32-33-35-37-40-42-45-48-51-54-57-60-66(69)72-63-64(73-67(70)61-58-55-52-49-46-43-38-27-24-21-18-15-12-9-6-3)62-71-65(68)59-56-53-50-47-44-41-39-36-34-31-29-26-23-20-17-14-11-8-5-2/h17-18,20-21,25-29,34,36,38,41,44,50,53,64H,4-16,19,22-24,30-33,35,37,39-40,42-43,45-49,51-52,54-63H2,1-3H3/b20-17-,21-18-,28-25-,29-26-,36-34-,38-27-,44-41-,53-50-/t64-/m1/s1. The Balaban J connectivity index is 4.47. The summed E-state index contributed by atoms with van der Waals surface area (Å²) in [6.07, 6.45) is 81.3. The number of hydrogen-bond acceptors (Lipinski definition) is 6. The first-order valence-corrected chi connectivity index (χ1v) is 30.7. The molecule has 6 heteroatoms. The van der Waals surface area contributed by atoms with Crippen LogP contribution in [0.15, 0.2) is 97.2 Å². The highest BCUT2D eigenvalue weighted by atomic mass is 16.6. The second-order valence-electron chi connectivity index (χ2n) is 20.2. The molecule has 0 amide bonds. The monoisotopic (exact) mass is 1010 g/mol. The summed E-state index contributed by atoms with van der Waals surface area (Å²) in [7, 11) is 0. The van der Waals surface area contributed by atoms with E-state index in [1.807, 2.05) is 6.08 Å². The van der Waals surface area contributed by atoms with E-state index >= 15 is 0 Å². The Morgan fingerprint density at radius 2 is 0.521 bits per heavy atom. The summed E-state index contributed by atoms with van der Waals surface area (Å²) < 4.78 is 16.8. The average Bonchev–Trinajstić information content (AvgIpc) is 3.39. The van der Waals surface area contributed by atoms with Crippen LogP contribution in [0.25, 0.3) is 0 Å². The molecule has 0 saturated heterocycles. The lowest BCUT2D eigenvalue weighted by atomic mass is 10.0. The number of hydrogen-bond donors (Lipinski definition) is 0. The molecule has 1 atom stereocenters. The number of ether oxygens (including phenoxy) is 3. The molecule has 0 aliphatic heterocycles. The van der Waals surface area contributed by atoms with Gasteiger partial charge in [-0.2, -0.15) is 0 Å². The zero-order valence-corrected chi connectivity index (χ0v) is 47.9. The van der Waals surface area contributed by atoms with Crippen LogP contribution in [0.5, 0.6) is 0 Å². The van der Waals surface area contributed by atoms with Crippen LogP contribution < -0.4 is 0 Å². The Labute approximate surface area is 451 Å². The van der Waals surface area contributed by atoms with Gasteiger partial charge in [0.25, 0.3) is 0 Å². The van der Waals surface area contributed by atoms with Crippen LogP contribution in [0.1, 0.15) is 290 Å². The zero-order valence-electron chi connectivity index (χ0n) is 47.9. The third-order valence-corrected chi connectivity index (χ3v) is 13.0. The van der Waals surface area contributed by atoms with Crippen LogP contribution in [-0.2, 0) is 28.6 Å². The highest BCUT2D eigenvalue weighted by Gasteiger charge is 2.19. The second-order valence-corrected chi connectivity index (χ2v) is 20.2. The van der Waals surface area contributed by atoms with Gasteiger partial charge in [0.2, 0.25) is 0 Å². The van der Waals surface area contributed by atoms with Gasteiger partial charge in [-0.15, -0.1) is 0 Å². The van der Waals surface area contributed by atoms with E-state index in [4.69, 9.17) is 14.2 Å². The van der Waals surface area contributed by atoms with E-state index in [1.54, 1.807) is 0 Å². The second kappa shape index (κ2) is 60.9. The van der Waals surface area contributed by atoms with Crippen molar-refractivity contribution in [2.45, 2.75) is 297 Å². The lowest BCUT2D eigenvalue weighted by Gasteiger charge is -2.18. The third-order valence-electron chi connectivity index (χ3n) is 13.0. The zero-order chi connectivity index (χ0) is 52.9. The Morgan fingerprint density at radius 1 is 0.274 bits per heavy atom. The van der Waals surface area contributed by atoms with E-state index in [1.165, 1.54) is 154 Å². The molecule has 0 aliphatic carbocycles. The molecule has 0 aromatic carbocycles. The van der Waals surface area contributed by atoms with Crippen molar-refractivity contribution in [2.75, 3.05) is 13.2 Å². The van der Waals surface area contributed by atoms with Crippen molar-refractivity contribution in [3.05, 3.63) is 97.2 Å². The highest BCUT2D eigenvalue weighted by molar-refractivity contribution is 5.71. The summed E-state index contributed by atoms with van der Waals surface area (Å²) in [6, 6.07) is 0. The number of allylic oxidation sites excluding steroid dienone is 16. The van der Waals surface area contributed by atoms with E-state index in [2.05, 4.69) is 112 Å². The number of carbonyl (C=O) groups is 3. The topological polar surface area (TPSA) is 78.9 Å². The molecule has 73 heavy (non-hydrogen) atoms. The van der Waals surface area contributed by atoms with Crippen LogP contribution in [-0.4, -0.2) is 37.2 Å². The van der Waals surface area contributed by atoms with E-state index in [0.717, 1.165) is 89.9 Å². The summed E-state index contributed by atoms with van der Waals surface area (Å²) in [5.74, 6) is -1.00. The molecule has 0 aromatic heterocycles. The van der Waals surface area contributed by atoms with Gasteiger partial charge in [-0.1, -0.05) is 253 Å². The molecule has 6 nitrogen and oxygen atoms in total. The molecule has 0 spiro atoms. The maximum atomic E-state index is 12.9. The first-order chi connectivity index (χ1) is 36.0. The average molecular weight is 1020 g/mol. The van der Waals surface area contributed by atoms with Crippen molar-refractivity contribution in [1.29, 1.82) is 0 Å². The van der Waals surface area contributed by atoms with Crippen LogP contribution in [0.4, 0.5) is 0 Å². The Bertz CT molecular complexity index is 1440. The largest absolute Gasteiger partial charge is 0.462 e. The first kappa shape index (κ1) is 69.3. The maximum absolute atomic E-state index is 12.9. The third kappa shape index (κ3) is 59.1. The molecule has 0 saturated carbocycles. The highest BCUT2D eigenvalue weighted by Crippen LogP contribution is 2.15. The van der Waals surface area contributed by atoms with Gasteiger partial charge in [0.15, 0.2) is 6.10 Å². The van der Waals surface area contributed by atoms with Gasteiger partial charge in [-0.3, -0.25) is 14.4 Å². The molecule has 0 fully saturated rings. The van der Waals surface area contributed by atoms with Crippen molar-refractivity contribution in [3.8, 4) is 0 Å². The lowest BCUT2D eigenvalue weighted by molar-refractivity contribution is -0.166. The Morgan fingerprint density at radius 3 is 0.890 bits per heavy atom. The minimum absolute atomic E-state index is 0.106. The van der Waals surface area contributed by atoms with Gasteiger partial charge < -0.3 is 14.2 Å². The smallest absolute Gasteiger partial charge is 0.306 e. The number of rotatable bonds is 55. The molecule has 0 heterocycles. The summed E-state index contributed by atoms with van der Waals surface area (Å²) in [5, 5.41) is 0. The maximum Gasteiger partial charge on any atom is 0.306 e. The van der Waals surface area contributed by atoms with Gasteiger partial charge in [0, 0.05) is 19.3 Å². The van der Waals surface area contributed by atoms with Gasteiger partial charge in [-0.25, -0.2) is 0 Å². The van der Waals surface area contributed by atoms with Crippen LogP contribution >= 0.6 is 0 Å². The summed E-state index contributed by atoms with van der Waals surface area (Å²) >= 11 is 0. The quantitative estimate of drug-likeness (QED) is 0.0261. The Kier molecular flexibility index (Phi) is 57.8. The fourth-order valence-electron chi connectivity index (χ4n) is 8.39. The van der Waals surface area contributed by atoms with Crippen molar-refractivity contribution >= 4 is 17.9 Å². The Hall–Kier alpha value is -3.67. The van der Waals surface area contributed by atoms with Crippen LogP contribution in [0.3, 0.4) is 0 Å². The van der Waals surface area contributed by atoms with Gasteiger partial charge in [0.05, 0.1) is 0 Å². The predicted octanol–water partition coefficient (Wildman–Crippen LogP) is 20.9. The summed E-state index contributed by atoms with van der Waals surface area (Å²) in [5.41, 5.74) is 0. The van der Waals surface area contributed by atoms with Crippen molar-refractivity contribution in [3.63, 3.8) is 0 Å². The fraction of sp³-hybridized carbons (Fsp3) is 0.716. The van der Waals surface area contributed by atoms with Crippen LogP contribution in [0.2, 0.25) is 0 Å². The molecule has 0 bridgehead atoms. The minimum atomic E-state index is -0.817. The van der Waals surface area contributed by atoms with E-state index in [9.17, 15) is 14.4 Å². The van der Waals surface area contributed by atoms with E-state index in [0.29, 0.717) is 19.3 Å². The van der Waals surface area contributed by atoms with E-state index in [-0.39, 0.29) is 37.5 Å². The van der Waals surface area contributed by atoms with Gasteiger partial charge in [0.1, 0.15) is 13.2 Å². The number of unbranched alkanes of at least 4 members (excludes halogenated alkanes) is 28. The first-order valence-electron chi connectivity index (χ1n) is 30.7. The lowest BCUT2D eigenvalue weighted by Crippen LogP contribution is -2.30. The van der Waals surface area contributed by atoms with Crippen LogP contribution in [0, 0.1) is 0 Å². The predicted molar refractivity (Wildman–Crippen MR) is 316 cm³/mol. The summed E-state index contributed by atoms with van der Waals surface area (Å²) in [4.78, 5) is 38.2. The summed E-state index contributed by atoms with van der Waals surface area (Å²) in [6.45, 7) is 6.52. The van der Waals surface area contributed by atoms with Crippen molar-refractivity contribution in [1.82, 2.24) is 0 Å². The SMILES string of the molecule is CCCCC/C=C\C/C=C\C/C=C\C/C=C\C/C=C\CCC(=O)OC[C@H](COC(=O)CCCCCCCCCCCCC/C=C\CCCCCCCC)OC(=O)CCCCCCC/C=C\C/C=C\CCCCC. The van der Waals surface area contributed by atoms with Crippen molar-refractivity contribution < 1.29 is 28.6 Å². The fourth-order valence-corrected chi connectivity index (χ4v) is 8.39. The van der Waals surface area contributed by atoms with E-state index < -0.39 is 6.10 Å². The molecule has 0 radical (unpaired) electrons. The molecule has 0 rings (SSSR count). The molecule has 418 valence electrons. The van der Waals surface area contributed by atoms with Gasteiger partial charge in [-0.05, 0) is 116 Å².